The molecule has 1 unspecified atom stereocenters. The van der Waals surface area contributed by atoms with Crippen molar-refractivity contribution in [3.8, 4) is 0 Å². The maximum absolute atomic E-state index is 12.9. The quantitative estimate of drug-likeness (QED) is 0.397. The molecule has 30 heavy (non-hydrogen) atoms. The third-order valence-electron chi connectivity index (χ3n) is 5.02. The minimum Gasteiger partial charge on any atom is -0.335 e. The molecule has 9 heteroatoms. The van der Waals surface area contributed by atoms with E-state index in [1.54, 1.807) is 31.2 Å². The first-order chi connectivity index (χ1) is 14.4. The summed E-state index contributed by atoms with van der Waals surface area (Å²) in [7, 11) is 0. The standard InChI is InChI=1S/C21H25ClN4O3S/c1-3-11-26-19(28)16-10-9-14(22)12-17(16)24-21(26)30-13(2)18(27)25-20(29)23-15-7-5-4-6-8-15/h3,9-10,12-13,15H,1,4-8,11H2,2H3,(H2,23,25,27,29). The van der Waals surface area contributed by atoms with Crippen molar-refractivity contribution in [2.45, 2.75) is 62.0 Å². The highest BCUT2D eigenvalue weighted by molar-refractivity contribution is 8.00. The number of carbonyl (C=O) groups excluding carboxylic acids is 2. The maximum atomic E-state index is 12.9. The van der Waals surface area contributed by atoms with E-state index in [1.165, 1.54) is 11.0 Å². The number of fused-ring (bicyclic) bond motifs is 1. The summed E-state index contributed by atoms with van der Waals surface area (Å²) in [5.74, 6) is -0.445. The van der Waals surface area contributed by atoms with Gasteiger partial charge in [0.1, 0.15) is 0 Å². The third kappa shape index (κ3) is 5.43. The van der Waals surface area contributed by atoms with E-state index in [0.29, 0.717) is 21.1 Å². The monoisotopic (exact) mass is 448 g/mol. The van der Waals surface area contributed by atoms with Gasteiger partial charge in [-0.3, -0.25) is 19.5 Å². The van der Waals surface area contributed by atoms with Gasteiger partial charge in [-0.1, -0.05) is 48.7 Å². The molecule has 1 aromatic carbocycles. The maximum Gasteiger partial charge on any atom is 0.321 e. The summed E-state index contributed by atoms with van der Waals surface area (Å²) in [4.78, 5) is 42.1. The Bertz CT molecular complexity index is 1020. The van der Waals surface area contributed by atoms with E-state index in [4.69, 9.17) is 11.6 Å². The summed E-state index contributed by atoms with van der Waals surface area (Å²) >= 11 is 7.15. The summed E-state index contributed by atoms with van der Waals surface area (Å²) in [6.07, 6.45) is 6.82. The fourth-order valence-electron chi connectivity index (χ4n) is 3.45. The molecule has 2 N–H and O–H groups in total. The molecule has 0 spiro atoms. The topological polar surface area (TPSA) is 93.1 Å². The second-order valence-corrected chi connectivity index (χ2v) is 9.06. The van der Waals surface area contributed by atoms with Crippen molar-refractivity contribution in [3.63, 3.8) is 0 Å². The number of imide groups is 1. The van der Waals surface area contributed by atoms with Crippen molar-refractivity contribution >= 4 is 46.2 Å². The number of hydrogen-bond acceptors (Lipinski definition) is 5. The molecule has 0 saturated heterocycles. The van der Waals surface area contributed by atoms with Crippen molar-refractivity contribution in [2.24, 2.45) is 0 Å². The van der Waals surface area contributed by atoms with Gasteiger partial charge in [0.2, 0.25) is 5.91 Å². The molecule has 0 radical (unpaired) electrons. The molecule has 0 bridgehead atoms. The van der Waals surface area contributed by atoms with Crippen LogP contribution in [0, 0.1) is 0 Å². The average molecular weight is 449 g/mol. The van der Waals surface area contributed by atoms with Gasteiger partial charge in [0, 0.05) is 17.6 Å². The predicted octanol–water partition coefficient (Wildman–Crippen LogP) is 3.88. The van der Waals surface area contributed by atoms with Crippen molar-refractivity contribution in [2.75, 3.05) is 0 Å². The number of rotatable bonds is 6. The molecule has 1 aliphatic rings. The van der Waals surface area contributed by atoms with Gasteiger partial charge in [-0.05, 0) is 38.0 Å². The Morgan fingerprint density at radius 2 is 2.10 bits per heavy atom. The fourth-order valence-corrected chi connectivity index (χ4v) is 4.53. The molecule has 7 nitrogen and oxygen atoms in total. The number of thioether (sulfide) groups is 1. The molecular formula is C21H25ClN4O3S. The highest BCUT2D eigenvalue weighted by atomic mass is 35.5. The molecule has 1 aliphatic carbocycles. The van der Waals surface area contributed by atoms with E-state index in [9.17, 15) is 14.4 Å². The number of amides is 3. The van der Waals surface area contributed by atoms with Crippen LogP contribution in [0.2, 0.25) is 5.02 Å². The van der Waals surface area contributed by atoms with Crippen LogP contribution in [0.15, 0.2) is 40.8 Å². The zero-order valence-corrected chi connectivity index (χ0v) is 18.4. The van der Waals surface area contributed by atoms with E-state index >= 15 is 0 Å². The van der Waals surface area contributed by atoms with Crippen LogP contribution in [0.4, 0.5) is 4.79 Å². The van der Waals surface area contributed by atoms with Crippen LogP contribution >= 0.6 is 23.4 Å². The number of benzene rings is 1. The first-order valence-corrected chi connectivity index (χ1v) is 11.2. The normalized spacial score (nSPS) is 15.5. The van der Waals surface area contributed by atoms with E-state index < -0.39 is 17.2 Å². The van der Waals surface area contributed by atoms with E-state index in [-0.39, 0.29) is 18.1 Å². The molecule has 2 aromatic rings. The molecule has 1 fully saturated rings. The van der Waals surface area contributed by atoms with Crippen LogP contribution in [-0.4, -0.2) is 32.8 Å². The van der Waals surface area contributed by atoms with Gasteiger partial charge in [-0.15, -0.1) is 6.58 Å². The molecular weight excluding hydrogens is 424 g/mol. The summed E-state index contributed by atoms with van der Waals surface area (Å²) in [5, 5.41) is 5.89. The molecule has 1 heterocycles. The molecule has 1 saturated carbocycles. The number of hydrogen-bond donors (Lipinski definition) is 2. The van der Waals surface area contributed by atoms with Crippen molar-refractivity contribution in [1.82, 2.24) is 20.2 Å². The first-order valence-electron chi connectivity index (χ1n) is 9.98. The van der Waals surface area contributed by atoms with Crippen LogP contribution < -0.4 is 16.2 Å². The van der Waals surface area contributed by atoms with Gasteiger partial charge in [-0.25, -0.2) is 9.78 Å². The van der Waals surface area contributed by atoms with Crippen LogP contribution in [0.5, 0.6) is 0 Å². The smallest absolute Gasteiger partial charge is 0.321 e. The summed E-state index contributed by atoms with van der Waals surface area (Å²) in [6, 6.07) is 4.51. The average Bonchev–Trinajstić information content (AvgIpc) is 2.71. The molecule has 160 valence electrons. The number of nitrogens with zero attached hydrogens (tertiary/aromatic N) is 2. The minimum absolute atomic E-state index is 0.110. The number of carbonyl (C=O) groups is 2. The Kier molecular flexibility index (Phi) is 7.55. The van der Waals surface area contributed by atoms with E-state index in [2.05, 4.69) is 22.2 Å². The highest BCUT2D eigenvalue weighted by Gasteiger charge is 2.22. The lowest BCUT2D eigenvalue weighted by Crippen LogP contribution is -2.47. The molecule has 0 aliphatic heterocycles. The summed E-state index contributed by atoms with van der Waals surface area (Å²) in [6.45, 7) is 5.61. The number of urea groups is 1. The van der Waals surface area contributed by atoms with Crippen LogP contribution in [-0.2, 0) is 11.3 Å². The lowest BCUT2D eigenvalue weighted by molar-refractivity contribution is -0.119. The van der Waals surface area contributed by atoms with Crippen LogP contribution in [0.25, 0.3) is 10.9 Å². The summed E-state index contributed by atoms with van der Waals surface area (Å²) in [5.41, 5.74) is 0.222. The molecule has 1 atom stereocenters. The van der Waals surface area contributed by atoms with Crippen molar-refractivity contribution in [1.29, 1.82) is 0 Å². The zero-order valence-electron chi connectivity index (χ0n) is 16.8. The summed E-state index contributed by atoms with van der Waals surface area (Å²) < 4.78 is 1.46. The van der Waals surface area contributed by atoms with Crippen molar-refractivity contribution in [3.05, 3.63) is 46.2 Å². The van der Waals surface area contributed by atoms with Crippen LogP contribution in [0.3, 0.4) is 0 Å². The Morgan fingerprint density at radius 1 is 1.37 bits per heavy atom. The van der Waals surface area contributed by atoms with Gasteiger partial charge >= 0.3 is 6.03 Å². The van der Waals surface area contributed by atoms with Gasteiger partial charge in [0.15, 0.2) is 5.16 Å². The molecule has 3 rings (SSSR count). The number of allylic oxidation sites excluding steroid dienone is 1. The van der Waals surface area contributed by atoms with Gasteiger partial charge in [0.05, 0.1) is 16.2 Å². The Balaban J connectivity index is 1.74. The number of halogens is 1. The Morgan fingerprint density at radius 3 is 2.80 bits per heavy atom. The lowest BCUT2D eigenvalue weighted by Gasteiger charge is -2.23. The van der Waals surface area contributed by atoms with Crippen molar-refractivity contribution < 1.29 is 9.59 Å². The van der Waals surface area contributed by atoms with Gasteiger partial charge in [0.25, 0.3) is 5.56 Å². The zero-order chi connectivity index (χ0) is 21.7. The van der Waals surface area contributed by atoms with Gasteiger partial charge < -0.3 is 5.32 Å². The first kappa shape index (κ1) is 22.4. The molecule has 1 aromatic heterocycles. The van der Waals surface area contributed by atoms with E-state index in [0.717, 1.165) is 37.4 Å². The minimum atomic E-state index is -0.637. The Labute approximate surface area is 184 Å². The second-order valence-electron chi connectivity index (χ2n) is 7.32. The number of aromatic nitrogens is 2. The van der Waals surface area contributed by atoms with Gasteiger partial charge in [-0.2, -0.15) is 0 Å². The molecule has 3 amide bonds. The largest absolute Gasteiger partial charge is 0.335 e. The highest BCUT2D eigenvalue weighted by Crippen LogP contribution is 2.24. The fraction of sp³-hybridized carbons (Fsp3) is 0.429. The predicted molar refractivity (Wildman–Crippen MR) is 120 cm³/mol. The second kappa shape index (κ2) is 10.1. The number of nitrogens with one attached hydrogen (secondary N) is 2. The third-order valence-corrected chi connectivity index (χ3v) is 6.35. The lowest BCUT2D eigenvalue weighted by atomic mass is 9.96. The Hall–Kier alpha value is -2.32. The van der Waals surface area contributed by atoms with Crippen LogP contribution in [0.1, 0.15) is 39.0 Å². The van der Waals surface area contributed by atoms with E-state index in [1.807, 2.05) is 0 Å². The SMILES string of the molecule is C=CCn1c(SC(C)C(=O)NC(=O)NC2CCCCC2)nc2cc(Cl)ccc2c1=O.